The molecule has 1 N–H and O–H groups in total. The molecular weight excluding hydrogens is 162 g/mol. The number of rotatable bonds is 10. The van der Waals surface area contributed by atoms with Gasteiger partial charge in [-0.05, 0) is 25.9 Å². The topological polar surface area (TPSA) is 21.3 Å². The van der Waals surface area contributed by atoms with Gasteiger partial charge in [-0.1, -0.05) is 33.1 Å². The molecule has 0 heterocycles. The van der Waals surface area contributed by atoms with Gasteiger partial charge >= 0.3 is 0 Å². The van der Waals surface area contributed by atoms with Crippen molar-refractivity contribution in [2.45, 2.75) is 46.0 Å². The van der Waals surface area contributed by atoms with Crippen LogP contribution in [-0.2, 0) is 4.74 Å². The van der Waals surface area contributed by atoms with Crippen LogP contribution in [0.15, 0.2) is 0 Å². The van der Waals surface area contributed by atoms with Gasteiger partial charge in [0.25, 0.3) is 0 Å². The van der Waals surface area contributed by atoms with Gasteiger partial charge in [-0.15, -0.1) is 0 Å². The first-order valence-corrected chi connectivity index (χ1v) is 5.70. The Kier molecular flexibility index (Phi) is 11.8. The average molecular weight is 187 g/mol. The zero-order valence-corrected chi connectivity index (χ0v) is 9.27. The fourth-order valence-electron chi connectivity index (χ4n) is 1.21. The molecule has 0 radical (unpaired) electrons. The SMILES string of the molecule is CCCCCCOCCCNCC. The molecule has 0 amide bonds. The van der Waals surface area contributed by atoms with E-state index in [9.17, 15) is 0 Å². The Morgan fingerprint density at radius 3 is 2.38 bits per heavy atom. The van der Waals surface area contributed by atoms with Gasteiger partial charge in [0, 0.05) is 13.2 Å². The molecule has 0 aliphatic rings. The Bertz CT molecular complexity index is 76.2. The predicted molar refractivity (Wildman–Crippen MR) is 58.1 cm³/mol. The Labute approximate surface area is 83.1 Å². The molecule has 2 nitrogen and oxygen atoms in total. The van der Waals surface area contributed by atoms with Gasteiger partial charge in [-0.25, -0.2) is 0 Å². The number of hydrogen-bond donors (Lipinski definition) is 1. The van der Waals surface area contributed by atoms with Crippen molar-refractivity contribution < 1.29 is 4.74 Å². The monoisotopic (exact) mass is 187 g/mol. The highest BCUT2D eigenvalue weighted by atomic mass is 16.5. The molecule has 0 rings (SSSR count). The first-order chi connectivity index (χ1) is 6.41. The van der Waals surface area contributed by atoms with E-state index >= 15 is 0 Å². The third-order valence-corrected chi connectivity index (χ3v) is 2.03. The first kappa shape index (κ1) is 12.9. The van der Waals surface area contributed by atoms with E-state index < -0.39 is 0 Å². The van der Waals surface area contributed by atoms with Crippen molar-refractivity contribution in [2.75, 3.05) is 26.3 Å². The van der Waals surface area contributed by atoms with Crippen LogP contribution in [0.25, 0.3) is 0 Å². The third kappa shape index (κ3) is 11.9. The van der Waals surface area contributed by atoms with E-state index in [0.29, 0.717) is 0 Å². The average Bonchev–Trinajstić information content (AvgIpc) is 2.16. The number of ether oxygens (including phenoxy) is 1. The largest absolute Gasteiger partial charge is 0.381 e. The molecule has 0 aromatic rings. The summed E-state index contributed by atoms with van der Waals surface area (Å²) < 4.78 is 5.49. The van der Waals surface area contributed by atoms with Crippen LogP contribution >= 0.6 is 0 Å². The lowest BCUT2D eigenvalue weighted by Gasteiger charge is -2.04. The Morgan fingerprint density at radius 1 is 0.923 bits per heavy atom. The maximum absolute atomic E-state index is 5.49. The minimum atomic E-state index is 0.916. The molecule has 13 heavy (non-hydrogen) atoms. The van der Waals surface area contributed by atoms with Crippen molar-refractivity contribution in [3.05, 3.63) is 0 Å². The summed E-state index contributed by atoms with van der Waals surface area (Å²) in [6.07, 6.45) is 6.35. The van der Waals surface area contributed by atoms with Crippen LogP contribution in [0.5, 0.6) is 0 Å². The predicted octanol–water partition coefficient (Wildman–Crippen LogP) is 2.58. The fraction of sp³-hybridized carbons (Fsp3) is 1.00. The highest BCUT2D eigenvalue weighted by Gasteiger charge is 1.89. The molecule has 0 atom stereocenters. The Hall–Kier alpha value is -0.0800. The highest BCUT2D eigenvalue weighted by molar-refractivity contribution is 4.44. The quantitative estimate of drug-likeness (QED) is 0.531. The number of nitrogens with one attached hydrogen (secondary N) is 1. The van der Waals surface area contributed by atoms with E-state index in [0.717, 1.165) is 32.7 Å². The van der Waals surface area contributed by atoms with E-state index in [2.05, 4.69) is 19.2 Å². The van der Waals surface area contributed by atoms with Gasteiger partial charge in [0.15, 0.2) is 0 Å². The van der Waals surface area contributed by atoms with Crippen molar-refractivity contribution in [3.63, 3.8) is 0 Å². The summed E-state index contributed by atoms with van der Waals surface area (Å²) in [6, 6.07) is 0. The van der Waals surface area contributed by atoms with Crippen molar-refractivity contribution in [3.8, 4) is 0 Å². The van der Waals surface area contributed by atoms with Crippen molar-refractivity contribution in [2.24, 2.45) is 0 Å². The van der Waals surface area contributed by atoms with Crippen molar-refractivity contribution >= 4 is 0 Å². The van der Waals surface area contributed by atoms with Crippen LogP contribution in [-0.4, -0.2) is 26.3 Å². The highest BCUT2D eigenvalue weighted by Crippen LogP contribution is 1.98. The maximum atomic E-state index is 5.49. The first-order valence-electron chi connectivity index (χ1n) is 5.70. The second kappa shape index (κ2) is 11.9. The molecular formula is C11H25NO. The van der Waals surface area contributed by atoms with Crippen LogP contribution in [0.2, 0.25) is 0 Å². The maximum Gasteiger partial charge on any atom is 0.0478 e. The lowest BCUT2D eigenvalue weighted by atomic mass is 10.2. The van der Waals surface area contributed by atoms with Crippen LogP contribution < -0.4 is 5.32 Å². The molecule has 0 saturated carbocycles. The lowest BCUT2D eigenvalue weighted by molar-refractivity contribution is 0.127. The minimum absolute atomic E-state index is 0.916. The van der Waals surface area contributed by atoms with Gasteiger partial charge in [-0.2, -0.15) is 0 Å². The second-order valence-corrected chi connectivity index (χ2v) is 3.38. The molecule has 0 bridgehead atoms. The number of unbranched alkanes of at least 4 members (excludes halogenated alkanes) is 3. The van der Waals surface area contributed by atoms with Crippen LogP contribution in [0.3, 0.4) is 0 Å². The summed E-state index contributed by atoms with van der Waals surface area (Å²) in [5, 5.41) is 3.28. The zero-order valence-electron chi connectivity index (χ0n) is 9.27. The van der Waals surface area contributed by atoms with Gasteiger partial charge in [0.05, 0.1) is 0 Å². The second-order valence-electron chi connectivity index (χ2n) is 3.38. The molecule has 0 unspecified atom stereocenters. The fourth-order valence-corrected chi connectivity index (χ4v) is 1.21. The summed E-state index contributed by atoms with van der Waals surface area (Å²) in [7, 11) is 0. The minimum Gasteiger partial charge on any atom is -0.381 e. The van der Waals surface area contributed by atoms with E-state index in [-0.39, 0.29) is 0 Å². The van der Waals surface area contributed by atoms with Gasteiger partial charge < -0.3 is 10.1 Å². The molecule has 0 aromatic carbocycles. The van der Waals surface area contributed by atoms with Gasteiger partial charge in [0.1, 0.15) is 0 Å². The van der Waals surface area contributed by atoms with E-state index in [1.165, 1.54) is 25.7 Å². The smallest absolute Gasteiger partial charge is 0.0478 e. The Morgan fingerprint density at radius 2 is 1.69 bits per heavy atom. The Balaban J connectivity index is 2.76. The van der Waals surface area contributed by atoms with E-state index in [1.807, 2.05) is 0 Å². The van der Waals surface area contributed by atoms with Crippen LogP contribution in [0.4, 0.5) is 0 Å². The van der Waals surface area contributed by atoms with E-state index in [4.69, 9.17) is 4.74 Å². The summed E-state index contributed by atoms with van der Waals surface area (Å²) in [6.45, 7) is 8.39. The third-order valence-electron chi connectivity index (χ3n) is 2.03. The molecule has 0 fully saturated rings. The van der Waals surface area contributed by atoms with Crippen LogP contribution in [0, 0.1) is 0 Å². The molecule has 0 spiro atoms. The van der Waals surface area contributed by atoms with Crippen molar-refractivity contribution in [1.29, 1.82) is 0 Å². The molecule has 2 heteroatoms. The van der Waals surface area contributed by atoms with Gasteiger partial charge in [-0.3, -0.25) is 0 Å². The summed E-state index contributed by atoms with van der Waals surface area (Å²) >= 11 is 0. The zero-order chi connectivity index (χ0) is 9.78. The van der Waals surface area contributed by atoms with Crippen LogP contribution in [0.1, 0.15) is 46.0 Å². The molecule has 0 aliphatic heterocycles. The summed E-state index contributed by atoms with van der Waals surface area (Å²) in [5.41, 5.74) is 0. The van der Waals surface area contributed by atoms with Crippen molar-refractivity contribution in [1.82, 2.24) is 5.32 Å². The molecule has 0 aromatic heterocycles. The molecule has 0 saturated heterocycles. The standard InChI is InChI=1S/C11H25NO/c1-3-5-6-7-10-13-11-8-9-12-4-2/h12H,3-11H2,1-2H3. The molecule has 0 aliphatic carbocycles. The van der Waals surface area contributed by atoms with Gasteiger partial charge in [0.2, 0.25) is 0 Å². The summed E-state index contributed by atoms with van der Waals surface area (Å²) in [4.78, 5) is 0. The normalized spacial score (nSPS) is 10.6. The summed E-state index contributed by atoms with van der Waals surface area (Å²) in [5.74, 6) is 0. The lowest BCUT2D eigenvalue weighted by Crippen LogP contribution is -2.15. The molecule has 80 valence electrons. The van der Waals surface area contributed by atoms with E-state index in [1.54, 1.807) is 0 Å². The number of hydrogen-bond acceptors (Lipinski definition) is 2.